The molecule has 0 bridgehead atoms. The molecule has 0 spiro atoms. The standard InChI is InChI=1S/C30H28N2O4S/c1-5-35-24-16-15-20-9-7-8-10-22(20)23(24)17-25-28(33)32-27(21-13-11-18(3)12-14-21)26(29(34)36-6-2)19(4)31-30(32)37-25/h7-17,27H,5-6H2,1-4H3. The Morgan fingerprint density at radius 2 is 1.78 bits per heavy atom. The molecule has 0 amide bonds. The fourth-order valence-electron chi connectivity index (χ4n) is 4.69. The van der Waals surface area contributed by atoms with E-state index in [1.807, 2.05) is 80.6 Å². The maximum absolute atomic E-state index is 14.0. The van der Waals surface area contributed by atoms with Crippen molar-refractivity contribution in [3.05, 3.63) is 108 Å². The number of nitrogens with zero attached hydrogens (tertiary/aromatic N) is 2. The third kappa shape index (κ3) is 4.51. The number of allylic oxidation sites excluding steroid dienone is 1. The molecule has 2 heterocycles. The molecule has 0 saturated heterocycles. The molecule has 0 fully saturated rings. The lowest BCUT2D eigenvalue weighted by atomic mass is 9.95. The van der Waals surface area contributed by atoms with Gasteiger partial charge in [0.1, 0.15) is 5.75 Å². The largest absolute Gasteiger partial charge is 0.493 e. The zero-order valence-electron chi connectivity index (χ0n) is 21.3. The van der Waals surface area contributed by atoms with Gasteiger partial charge < -0.3 is 9.47 Å². The van der Waals surface area contributed by atoms with Crippen LogP contribution in [0.4, 0.5) is 0 Å². The van der Waals surface area contributed by atoms with Crippen LogP contribution in [-0.4, -0.2) is 23.8 Å². The Morgan fingerprint density at radius 1 is 1.03 bits per heavy atom. The van der Waals surface area contributed by atoms with Gasteiger partial charge in [0.15, 0.2) is 4.80 Å². The highest BCUT2D eigenvalue weighted by molar-refractivity contribution is 7.07. The molecular formula is C30H28N2O4S. The van der Waals surface area contributed by atoms with Crippen LogP contribution in [0.25, 0.3) is 16.8 Å². The van der Waals surface area contributed by atoms with Gasteiger partial charge in [-0.1, -0.05) is 71.5 Å². The number of benzene rings is 3. The van der Waals surface area contributed by atoms with E-state index in [1.54, 1.807) is 18.4 Å². The van der Waals surface area contributed by atoms with E-state index in [0.717, 1.165) is 27.5 Å². The van der Waals surface area contributed by atoms with Crippen molar-refractivity contribution >= 4 is 34.2 Å². The highest BCUT2D eigenvalue weighted by atomic mass is 32.1. The van der Waals surface area contributed by atoms with Gasteiger partial charge in [-0.15, -0.1) is 0 Å². The first-order chi connectivity index (χ1) is 17.9. The van der Waals surface area contributed by atoms with E-state index in [9.17, 15) is 9.59 Å². The molecule has 37 heavy (non-hydrogen) atoms. The van der Waals surface area contributed by atoms with Crippen LogP contribution in [0.1, 0.15) is 43.5 Å². The Bertz CT molecular complexity index is 1710. The second-order valence-electron chi connectivity index (χ2n) is 8.84. The Morgan fingerprint density at radius 3 is 2.51 bits per heavy atom. The number of esters is 1. The predicted octanol–water partition coefficient (Wildman–Crippen LogP) is 4.66. The minimum absolute atomic E-state index is 0.209. The summed E-state index contributed by atoms with van der Waals surface area (Å²) in [4.78, 5) is 32.3. The summed E-state index contributed by atoms with van der Waals surface area (Å²) < 4.78 is 13.4. The molecule has 0 aliphatic carbocycles. The Kier molecular flexibility index (Phi) is 6.80. The number of carbonyl (C=O) groups excluding carboxylic acids is 1. The van der Waals surface area contributed by atoms with Crippen molar-refractivity contribution in [2.45, 2.75) is 33.7 Å². The van der Waals surface area contributed by atoms with Gasteiger partial charge in [-0.05, 0) is 56.2 Å². The molecule has 7 heteroatoms. The Hall–Kier alpha value is -3.97. The number of fused-ring (bicyclic) bond motifs is 2. The summed E-state index contributed by atoms with van der Waals surface area (Å²) in [6.45, 7) is 8.25. The number of hydrogen-bond donors (Lipinski definition) is 0. The summed E-state index contributed by atoms with van der Waals surface area (Å²) in [5.41, 5.74) is 3.49. The molecule has 1 aliphatic rings. The van der Waals surface area contributed by atoms with Crippen molar-refractivity contribution in [1.29, 1.82) is 0 Å². The molecule has 6 nitrogen and oxygen atoms in total. The molecule has 0 N–H and O–H groups in total. The van der Waals surface area contributed by atoms with Crippen molar-refractivity contribution < 1.29 is 14.3 Å². The van der Waals surface area contributed by atoms with Gasteiger partial charge in [-0.25, -0.2) is 9.79 Å². The third-order valence-corrected chi connectivity index (χ3v) is 7.40. The summed E-state index contributed by atoms with van der Waals surface area (Å²) in [5.74, 6) is 0.252. The third-order valence-electron chi connectivity index (χ3n) is 6.42. The van der Waals surface area contributed by atoms with Crippen molar-refractivity contribution in [3.63, 3.8) is 0 Å². The first-order valence-corrected chi connectivity index (χ1v) is 13.1. The van der Waals surface area contributed by atoms with Gasteiger partial charge >= 0.3 is 5.97 Å². The summed E-state index contributed by atoms with van der Waals surface area (Å²) in [7, 11) is 0. The fraction of sp³-hybridized carbons (Fsp3) is 0.233. The number of hydrogen-bond acceptors (Lipinski definition) is 6. The molecule has 4 aromatic rings. The van der Waals surface area contributed by atoms with Crippen molar-refractivity contribution in [2.24, 2.45) is 4.99 Å². The Labute approximate surface area is 218 Å². The number of thiazole rings is 1. The summed E-state index contributed by atoms with van der Waals surface area (Å²) in [6, 6.07) is 19.2. The summed E-state index contributed by atoms with van der Waals surface area (Å²) >= 11 is 1.31. The second kappa shape index (κ2) is 10.2. The predicted molar refractivity (Wildman–Crippen MR) is 147 cm³/mol. The van der Waals surface area contributed by atoms with Crippen molar-refractivity contribution in [3.8, 4) is 5.75 Å². The summed E-state index contributed by atoms with van der Waals surface area (Å²) in [6.07, 6.45) is 1.88. The van der Waals surface area contributed by atoms with E-state index in [0.29, 0.717) is 33.0 Å². The molecule has 188 valence electrons. The maximum Gasteiger partial charge on any atom is 0.338 e. The van der Waals surface area contributed by atoms with Gasteiger partial charge in [-0.2, -0.15) is 0 Å². The zero-order chi connectivity index (χ0) is 26.1. The molecule has 5 rings (SSSR count). The van der Waals surface area contributed by atoms with Gasteiger partial charge in [0, 0.05) is 5.56 Å². The SMILES string of the molecule is CCOC(=O)C1=C(C)N=c2sc(=Cc3c(OCC)ccc4ccccc34)c(=O)n2C1c1ccc(C)cc1. The number of carbonyl (C=O) groups is 1. The summed E-state index contributed by atoms with van der Waals surface area (Å²) in [5, 5.41) is 2.06. The number of aryl methyl sites for hydroxylation is 1. The molecule has 1 aliphatic heterocycles. The molecular weight excluding hydrogens is 484 g/mol. The van der Waals surface area contributed by atoms with E-state index >= 15 is 0 Å². The minimum Gasteiger partial charge on any atom is -0.493 e. The number of rotatable bonds is 6. The fourth-order valence-corrected chi connectivity index (χ4v) is 5.72. The molecule has 1 atom stereocenters. The lowest BCUT2D eigenvalue weighted by Gasteiger charge is -2.24. The van der Waals surface area contributed by atoms with Gasteiger partial charge in [0.2, 0.25) is 0 Å². The maximum atomic E-state index is 14.0. The second-order valence-corrected chi connectivity index (χ2v) is 9.85. The molecule has 3 aromatic carbocycles. The van der Waals surface area contributed by atoms with Crippen LogP contribution in [-0.2, 0) is 9.53 Å². The first kappa shape index (κ1) is 24.7. The van der Waals surface area contributed by atoms with E-state index < -0.39 is 12.0 Å². The topological polar surface area (TPSA) is 69.9 Å². The smallest absolute Gasteiger partial charge is 0.338 e. The molecule has 0 saturated carbocycles. The van der Waals surface area contributed by atoms with Crippen LogP contribution in [0.2, 0.25) is 0 Å². The van der Waals surface area contributed by atoms with E-state index in [-0.39, 0.29) is 12.2 Å². The van der Waals surface area contributed by atoms with E-state index in [1.165, 1.54) is 11.3 Å². The van der Waals surface area contributed by atoms with E-state index in [4.69, 9.17) is 9.47 Å². The number of aromatic nitrogens is 1. The average molecular weight is 513 g/mol. The highest BCUT2D eigenvalue weighted by Gasteiger charge is 2.33. The van der Waals surface area contributed by atoms with Crippen LogP contribution in [0.15, 0.2) is 81.7 Å². The van der Waals surface area contributed by atoms with Gasteiger partial charge in [0.05, 0.1) is 35.1 Å². The minimum atomic E-state index is -0.628. The van der Waals surface area contributed by atoms with Crippen LogP contribution >= 0.6 is 11.3 Å². The van der Waals surface area contributed by atoms with Crippen LogP contribution in [0.3, 0.4) is 0 Å². The van der Waals surface area contributed by atoms with E-state index in [2.05, 4.69) is 4.99 Å². The molecule has 1 unspecified atom stereocenters. The van der Waals surface area contributed by atoms with Gasteiger partial charge in [-0.3, -0.25) is 9.36 Å². The normalized spacial score (nSPS) is 15.5. The van der Waals surface area contributed by atoms with Crippen molar-refractivity contribution in [2.75, 3.05) is 13.2 Å². The van der Waals surface area contributed by atoms with Crippen LogP contribution in [0, 0.1) is 6.92 Å². The van der Waals surface area contributed by atoms with Crippen molar-refractivity contribution in [1.82, 2.24) is 4.57 Å². The molecule has 0 radical (unpaired) electrons. The quantitative estimate of drug-likeness (QED) is 0.353. The van der Waals surface area contributed by atoms with Gasteiger partial charge in [0.25, 0.3) is 5.56 Å². The monoisotopic (exact) mass is 512 g/mol. The number of ether oxygens (including phenoxy) is 2. The lowest BCUT2D eigenvalue weighted by Crippen LogP contribution is -2.39. The Balaban J connectivity index is 1.77. The lowest BCUT2D eigenvalue weighted by molar-refractivity contribution is -0.139. The van der Waals surface area contributed by atoms with Crippen LogP contribution < -0.4 is 19.6 Å². The highest BCUT2D eigenvalue weighted by Crippen LogP contribution is 2.31. The van der Waals surface area contributed by atoms with Crippen LogP contribution in [0.5, 0.6) is 5.75 Å². The zero-order valence-corrected chi connectivity index (χ0v) is 22.1. The molecule has 1 aromatic heterocycles. The average Bonchev–Trinajstić information content (AvgIpc) is 3.19. The first-order valence-electron chi connectivity index (χ1n) is 12.3.